The molecule has 4 heteroatoms. The van der Waals surface area contributed by atoms with E-state index < -0.39 is 11.0 Å². The Hall–Kier alpha value is -2.20. The summed E-state index contributed by atoms with van der Waals surface area (Å²) < 4.78 is 0. The Kier molecular flexibility index (Phi) is 2.61. The average molecular weight is 255 g/mol. The second-order valence-electron chi connectivity index (χ2n) is 4.84. The van der Waals surface area contributed by atoms with E-state index in [4.69, 9.17) is 0 Å². The van der Waals surface area contributed by atoms with Crippen LogP contribution in [0, 0.1) is 10.1 Å². The van der Waals surface area contributed by atoms with Crippen molar-refractivity contribution in [1.82, 2.24) is 0 Å². The van der Waals surface area contributed by atoms with Gasteiger partial charge in [0.05, 0.1) is 16.6 Å². The lowest BCUT2D eigenvalue weighted by molar-refractivity contribution is -0.386. The lowest BCUT2D eigenvalue weighted by Crippen LogP contribution is -2.00. The predicted octanol–water partition coefficient (Wildman–Crippen LogP) is 3.22. The zero-order valence-electron chi connectivity index (χ0n) is 10.5. The summed E-state index contributed by atoms with van der Waals surface area (Å²) in [4.78, 5) is 10.7. The second kappa shape index (κ2) is 4.17. The molecule has 0 heterocycles. The summed E-state index contributed by atoms with van der Waals surface area (Å²) >= 11 is 0. The van der Waals surface area contributed by atoms with E-state index in [1.54, 1.807) is 19.1 Å². The fourth-order valence-electron chi connectivity index (χ4n) is 2.68. The zero-order chi connectivity index (χ0) is 13.6. The molecule has 0 saturated carbocycles. The van der Waals surface area contributed by atoms with Crippen LogP contribution >= 0.6 is 0 Å². The molecule has 19 heavy (non-hydrogen) atoms. The molecule has 0 bridgehead atoms. The Morgan fingerprint density at radius 3 is 2.63 bits per heavy atom. The van der Waals surface area contributed by atoms with Crippen molar-refractivity contribution in [3.05, 3.63) is 63.2 Å². The molecule has 0 aliphatic heterocycles. The van der Waals surface area contributed by atoms with Gasteiger partial charge >= 0.3 is 0 Å². The lowest BCUT2D eigenvalue weighted by Gasteiger charge is -2.09. The van der Waals surface area contributed by atoms with Crippen LogP contribution in [0.5, 0.6) is 0 Å². The maximum Gasteiger partial charge on any atom is 0.275 e. The van der Waals surface area contributed by atoms with Crippen molar-refractivity contribution >= 4 is 5.69 Å². The van der Waals surface area contributed by atoms with Crippen LogP contribution in [0.1, 0.15) is 29.7 Å². The first-order valence-electron chi connectivity index (χ1n) is 6.15. The molecule has 2 aromatic carbocycles. The Labute approximate surface area is 110 Å². The largest absolute Gasteiger partial charge is 0.388 e. The molecule has 4 nitrogen and oxygen atoms in total. The Morgan fingerprint density at radius 2 is 1.95 bits per heavy atom. The molecule has 1 unspecified atom stereocenters. The van der Waals surface area contributed by atoms with Gasteiger partial charge in [-0.2, -0.15) is 0 Å². The summed E-state index contributed by atoms with van der Waals surface area (Å²) in [6, 6.07) is 11.3. The molecule has 2 aromatic rings. The van der Waals surface area contributed by atoms with Gasteiger partial charge in [-0.05, 0) is 41.7 Å². The summed E-state index contributed by atoms with van der Waals surface area (Å²) in [5, 5.41) is 20.8. The molecule has 0 saturated heterocycles. The molecule has 0 radical (unpaired) electrons. The first-order valence-corrected chi connectivity index (χ1v) is 6.15. The number of hydrogen-bond donors (Lipinski definition) is 1. The standard InChI is InChI=1S/C15H13NO3/c1-9(17)13-8-14-11(7-15(13)16(18)19)6-10-4-2-3-5-12(10)14/h2-5,7-9,17H,6H2,1H3. The van der Waals surface area contributed by atoms with Crippen molar-refractivity contribution in [3.8, 4) is 11.1 Å². The van der Waals surface area contributed by atoms with Gasteiger partial charge in [0.2, 0.25) is 0 Å². The van der Waals surface area contributed by atoms with E-state index in [9.17, 15) is 15.2 Å². The SMILES string of the molecule is CC(O)c1cc2c(cc1[N+](=O)[O-])Cc1ccccc1-2. The quantitative estimate of drug-likeness (QED) is 0.565. The van der Waals surface area contributed by atoms with Gasteiger partial charge in [0, 0.05) is 6.07 Å². The van der Waals surface area contributed by atoms with Crippen molar-refractivity contribution < 1.29 is 10.0 Å². The van der Waals surface area contributed by atoms with E-state index in [1.165, 1.54) is 5.56 Å². The number of nitrogens with zero attached hydrogens (tertiary/aromatic N) is 1. The van der Waals surface area contributed by atoms with Crippen LogP contribution in [0.15, 0.2) is 36.4 Å². The molecule has 1 N–H and O–H groups in total. The summed E-state index contributed by atoms with van der Waals surface area (Å²) in [7, 11) is 0. The molecule has 0 spiro atoms. The van der Waals surface area contributed by atoms with Gasteiger partial charge in [-0.1, -0.05) is 24.3 Å². The number of benzene rings is 2. The summed E-state index contributed by atoms with van der Waals surface area (Å²) in [6.45, 7) is 1.55. The fraction of sp³-hybridized carbons (Fsp3) is 0.200. The highest BCUT2D eigenvalue weighted by Gasteiger charge is 2.25. The third kappa shape index (κ3) is 1.81. The van der Waals surface area contributed by atoms with Gasteiger partial charge in [-0.15, -0.1) is 0 Å². The van der Waals surface area contributed by atoms with E-state index in [2.05, 4.69) is 0 Å². The van der Waals surface area contributed by atoms with E-state index in [0.29, 0.717) is 12.0 Å². The van der Waals surface area contributed by atoms with Crippen LogP contribution in [-0.4, -0.2) is 10.0 Å². The normalized spacial score (nSPS) is 13.8. The predicted molar refractivity (Wildman–Crippen MR) is 72.0 cm³/mol. The van der Waals surface area contributed by atoms with Gasteiger partial charge in [0.15, 0.2) is 0 Å². The molecule has 96 valence electrons. The average Bonchev–Trinajstić information content (AvgIpc) is 2.74. The van der Waals surface area contributed by atoms with E-state index in [-0.39, 0.29) is 5.69 Å². The van der Waals surface area contributed by atoms with Gasteiger partial charge in [0.1, 0.15) is 0 Å². The number of aliphatic hydroxyl groups excluding tert-OH is 1. The smallest absolute Gasteiger partial charge is 0.275 e. The van der Waals surface area contributed by atoms with E-state index in [1.807, 2.05) is 24.3 Å². The molecule has 1 aliphatic rings. The summed E-state index contributed by atoms with van der Waals surface area (Å²) in [6.07, 6.45) is -0.134. The molecule has 0 fully saturated rings. The monoisotopic (exact) mass is 255 g/mol. The maximum atomic E-state index is 11.1. The van der Waals surface area contributed by atoms with Crippen LogP contribution in [0.2, 0.25) is 0 Å². The van der Waals surface area contributed by atoms with Gasteiger partial charge in [-0.3, -0.25) is 10.1 Å². The minimum Gasteiger partial charge on any atom is -0.388 e. The van der Waals surface area contributed by atoms with Gasteiger partial charge < -0.3 is 5.11 Å². The second-order valence-corrected chi connectivity index (χ2v) is 4.84. The first kappa shape index (κ1) is 11.9. The van der Waals surface area contributed by atoms with Crippen molar-refractivity contribution in [2.75, 3.05) is 0 Å². The molecule has 1 aliphatic carbocycles. The minimum atomic E-state index is -0.849. The van der Waals surface area contributed by atoms with Crippen molar-refractivity contribution in [2.45, 2.75) is 19.4 Å². The highest BCUT2D eigenvalue weighted by molar-refractivity contribution is 5.79. The van der Waals surface area contributed by atoms with E-state index in [0.717, 1.165) is 16.7 Å². The Bertz CT molecular complexity index is 677. The van der Waals surface area contributed by atoms with Crippen LogP contribution < -0.4 is 0 Å². The minimum absolute atomic E-state index is 0.00144. The van der Waals surface area contributed by atoms with Gasteiger partial charge in [0.25, 0.3) is 5.69 Å². The first-order chi connectivity index (χ1) is 9.08. The number of nitro benzene ring substituents is 1. The highest BCUT2D eigenvalue weighted by atomic mass is 16.6. The fourth-order valence-corrected chi connectivity index (χ4v) is 2.68. The van der Waals surface area contributed by atoms with Crippen LogP contribution in [0.25, 0.3) is 11.1 Å². The third-order valence-electron chi connectivity index (χ3n) is 3.59. The molecule has 1 atom stereocenters. The van der Waals surface area contributed by atoms with Crippen LogP contribution in [0.4, 0.5) is 5.69 Å². The van der Waals surface area contributed by atoms with Crippen molar-refractivity contribution in [2.24, 2.45) is 0 Å². The molecular formula is C15H13NO3. The molecular weight excluding hydrogens is 242 g/mol. The lowest BCUT2D eigenvalue weighted by atomic mass is 9.99. The highest BCUT2D eigenvalue weighted by Crippen LogP contribution is 2.41. The summed E-state index contributed by atoms with van der Waals surface area (Å²) in [5.41, 5.74) is 4.61. The van der Waals surface area contributed by atoms with Crippen molar-refractivity contribution in [1.29, 1.82) is 0 Å². The number of fused-ring (bicyclic) bond motifs is 3. The number of nitro groups is 1. The van der Waals surface area contributed by atoms with Crippen LogP contribution in [-0.2, 0) is 6.42 Å². The molecule has 3 rings (SSSR count). The van der Waals surface area contributed by atoms with Crippen molar-refractivity contribution in [3.63, 3.8) is 0 Å². The summed E-state index contributed by atoms with van der Waals surface area (Å²) in [5.74, 6) is 0. The van der Waals surface area contributed by atoms with Crippen LogP contribution in [0.3, 0.4) is 0 Å². The zero-order valence-corrected chi connectivity index (χ0v) is 10.5. The molecule has 0 amide bonds. The Morgan fingerprint density at radius 1 is 1.21 bits per heavy atom. The maximum absolute atomic E-state index is 11.1. The topological polar surface area (TPSA) is 63.4 Å². The van der Waals surface area contributed by atoms with Gasteiger partial charge in [-0.25, -0.2) is 0 Å². The number of hydrogen-bond acceptors (Lipinski definition) is 3. The Balaban J connectivity index is 2.24. The number of aliphatic hydroxyl groups is 1. The molecule has 0 aromatic heterocycles. The third-order valence-corrected chi connectivity index (χ3v) is 3.59. The van der Waals surface area contributed by atoms with E-state index >= 15 is 0 Å². The number of rotatable bonds is 2.